The Labute approximate surface area is 123 Å². The summed E-state index contributed by atoms with van der Waals surface area (Å²) in [5, 5.41) is 16.4. The van der Waals surface area contributed by atoms with Crippen LogP contribution in [0, 0.1) is 5.92 Å². The van der Waals surface area contributed by atoms with Gasteiger partial charge in [-0.1, -0.05) is 41.9 Å². The van der Waals surface area contributed by atoms with Crippen LogP contribution in [0.2, 0.25) is 0 Å². The van der Waals surface area contributed by atoms with Crippen LogP contribution in [-0.4, -0.2) is 28.8 Å². The minimum atomic E-state index is -0.304. The molecule has 1 saturated carbocycles. The highest BCUT2D eigenvalue weighted by Crippen LogP contribution is 2.26. The van der Waals surface area contributed by atoms with Gasteiger partial charge in [0.2, 0.25) is 0 Å². The van der Waals surface area contributed by atoms with Crippen molar-refractivity contribution in [2.45, 2.75) is 25.4 Å². The van der Waals surface area contributed by atoms with Crippen molar-refractivity contribution in [3.05, 3.63) is 42.1 Å². The zero-order chi connectivity index (χ0) is 14.7. The molecule has 0 aliphatic heterocycles. The zero-order valence-electron chi connectivity index (χ0n) is 11.7. The summed E-state index contributed by atoms with van der Waals surface area (Å²) >= 11 is 0. The molecule has 2 N–H and O–H groups in total. The molecular weight excluding hydrogens is 268 g/mol. The molecule has 1 aliphatic rings. The first-order valence-electron chi connectivity index (χ1n) is 7.22. The number of aromatic nitrogens is 1. The first-order valence-corrected chi connectivity index (χ1v) is 7.22. The fourth-order valence-electron chi connectivity index (χ4n) is 2.77. The fraction of sp³-hybridized carbons (Fsp3) is 0.375. The Kier molecular flexibility index (Phi) is 4.01. The topological polar surface area (TPSA) is 75.4 Å². The van der Waals surface area contributed by atoms with Crippen molar-refractivity contribution in [3.63, 3.8) is 0 Å². The van der Waals surface area contributed by atoms with E-state index in [1.807, 2.05) is 30.3 Å². The molecule has 1 aliphatic carbocycles. The maximum absolute atomic E-state index is 12.3. The van der Waals surface area contributed by atoms with Gasteiger partial charge in [-0.05, 0) is 12.8 Å². The molecule has 1 amide bonds. The van der Waals surface area contributed by atoms with Gasteiger partial charge >= 0.3 is 0 Å². The minimum absolute atomic E-state index is 0.147. The number of hydrogen-bond acceptors (Lipinski definition) is 4. The van der Waals surface area contributed by atoms with Crippen molar-refractivity contribution in [1.82, 2.24) is 10.5 Å². The minimum Gasteiger partial charge on any atom is -0.393 e. The molecule has 1 aromatic heterocycles. The first kappa shape index (κ1) is 13.8. The number of carbonyl (C=O) groups is 1. The zero-order valence-corrected chi connectivity index (χ0v) is 11.7. The van der Waals surface area contributed by atoms with Crippen LogP contribution in [0.1, 0.15) is 29.6 Å². The Bertz CT molecular complexity index is 609. The quantitative estimate of drug-likeness (QED) is 0.903. The van der Waals surface area contributed by atoms with E-state index in [1.165, 1.54) is 6.20 Å². The van der Waals surface area contributed by atoms with Crippen molar-refractivity contribution >= 4 is 5.91 Å². The lowest BCUT2D eigenvalue weighted by molar-refractivity contribution is 0.0917. The van der Waals surface area contributed by atoms with E-state index >= 15 is 0 Å². The van der Waals surface area contributed by atoms with Crippen LogP contribution in [-0.2, 0) is 0 Å². The lowest BCUT2D eigenvalue weighted by Crippen LogP contribution is -2.32. The molecular formula is C16H18N2O3. The SMILES string of the molecule is O=C(NCC1CCCC1O)c1cnoc1-c1ccccc1. The van der Waals surface area contributed by atoms with Gasteiger partial charge in [0.25, 0.3) is 5.91 Å². The summed E-state index contributed by atoms with van der Waals surface area (Å²) in [7, 11) is 0. The average Bonchev–Trinajstić information content (AvgIpc) is 3.15. The summed E-state index contributed by atoms with van der Waals surface area (Å²) in [6.07, 6.45) is 3.92. The van der Waals surface area contributed by atoms with Crippen molar-refractivity contribution in [2.75, 3.05) is 6.54 Å². The predicted octanol–water partition coefficient (Wildman–Crippen LogP) is 2.23. The second kappa shape index (κ2) is 6.10. The third-order valence-corrected chi connectivity index (χ3v) is 3.99. The molecule has 5 heteroatoms. The summed E-state index contributed by atoms with van der Waals surface area (Å²) in [6.45, 7) is 0.486. The van der Waals surface area contributed by atoms with Gasteiger partial charge in [0.15, 0.2) is 5.76 Å². The molecule has 2 atom stereocenters. The van der Waals surface area contributed by atoms with Crippen LogP contribution in [0.15, 0.2) is 41.1 Å². The molecule has 3 rings (SSSR count). The molecule has 0 radical (unpaired) electrons. The van der Waals surface area contributed by atoms with Crippen LogP contribution in [0.3, 0.4) is 0 Å². The number of amides is 1. The van der Waals surface area contributed by atoms with Gasteiger partial charge < -0.3 is 14.9 Å². The van der Waals surface area contributed by atoms with Crippen LogP contribution >= 0.6 is 0 Å². The predicted molar refractivity (Wildman–Crippen MR) is 77.6 cm³/mol. The number of aliphatic hydroxyl groups excluding tert-OH is 1. The first-order chi connectivity index (χ1) is 10.3. The molecule has 1 fully saturated rings. The molecule has 1 heterocycles. The molecule has 0 bridgehead atoms. The monoisotopic (exact) mass is 286 g/mol. The molecule has 2 unspecified atom stereocenters. The van der Waals surface area contributed by atoms with Gasteiger partial charge in [-0.2, -0.15) is 0 Å². The summed E-state index contributed by atoms with van der Waals surface area (Å²) < 4.78 is 5.20. The van der Waals surface area contributed by atoms with Gasteiger partial charge in [-0.15, -0.1) is 0 Å². The van der Waals surface area contributed by atoms with Crippen LogP contribution in [0.5, 0.6) is 0 Å². The highest BCUT2D eigenvalue weighted by Gasteiger charge is 2.26. The maximum Gasteiger partial charge on any atom is 0.256 e. The second-order valence-electron chi connectivity index (χ2n) is 5.40. The van der Waals surface area contributed by atoms with E-state index in [0.717, 1.165) is 24.8 Å². The van der Waals surface area contributed by atoms with E-state index in [-0.39, 0.29) is 17.9 Å². The Morgan fingerprint density at radius 3 is 2.86 bits per heavy atom. The lowest BCUT2D eigenvalue weighted by Gasteiger charge is -2.14. The van der Waals surface area contributed by atoms with E-state index < -0.39 is 0 Å². The number of benzene rings is 1. The molecule has 0 saturated heterocycles. The van der Waals surface area contributed by atoms with Gasteiger partial charge in [-0.25, -0.2) is 0 Å². The number of carbonyl (C=O) groups excluding carboxylic acids is 1. The van der Waals surface area contributed by atoms with Crippen molar-refractivity contribution in [2.24, 2.45) is 5.92 Å². The average molecular weight is 286 g/mol. The third kappa shape index (κ3) is 2.97. The van der Waals surface area contributed by atoms with E-state index in [1.54, 1.807) is 0 Å². The van der Waals surface area contributed by atoms with Crippen LogP contribution in [0.25, 0.3) is 11.3 Å². The highest BCUT2D eigenvalue weighted by molar-refractivity contribution is 5.99. The Morgan fingerprint density at radius 2 is 2.14 bits per heavy atom. The van der Waals surface area contributed by atoms with Gasteiger partial charge in [0.1, 0.15) is 5.56 Å². The smallest absolute Gasteiger partial charge is 0.256 e. The molecule has 1 aromatic carbocycles. The van der Waals surface area contributed by atoms with E-state index in [4.69, 9.17) is 4.52 Å². The van der Waals surface area contributed by atoms with Crippen LogP contribution < -0.4 is 5.32 Å². The van der Waals surface area contributed by atoms with Crippen LogP contribution in [0.4, 0.5) is 0 Å². The van der Waals surface area contributed by atoms with Gasteiger partial charge in [0, 0.05) is 18.0 Å². The molecule has 2 aromatic rings. The summed E-state index contributed by atoms with van der Waals surface area (Å²) in [6, 6.07) is 9.42. The number of aliphatic hydroxyl groups is 1. The highest BCUT2D eigenvalue weighted by atomic mass is 16.5. The normalized spacial score (nSPS) is 21.4. The molecule has 5 nitrogen and oxygen atoms in total. The summed E-state index contributed by atoms with van der Waals surface area (Å²) in [5.74, 6) is 0.406. The second-order valence-corrected chi connectivity index (χ2v) is 5.40. The standard InChI is InChI=1S/C16H18N2O3/c19-14-8-4-7-12(14)9-17-16(20)13-10-18-21-15(13)11-5-2-1-3-6-11/h1-3,5-6,10,12,14,19H,4,7-9H2,(H,17,20). The van der Waals surface area contributed by atoms with Crippen molar-refractivity contribution in [1.29, 1.82) is 0 Å². The largest absolute Gasteiger partial charge is 0.393 e. The Morgan fingerprint density at radius 1 is 1.33 bits per heavy atom. The van der Waals surface area contributed by atoms with E-state index in [0.29, 0.717) is 17.9 Å². The fourth-order valence-corrected chi connectivity index (χ4v) is 2.77. The number of hydrogen-bond donors (Lipinski definition) is 2. The number of rotatable bonds is 4. The molecule has 110 valence electrons. The number of nitrogens with one attached hydrogen (secondary N) is 1. The van der Waals surface area contributed by atoms with E-state index in [2.05, 4.69) is 10.5 Å². The Balaban J connectivity index is 1.70. The van der Waals surface area contributed by atoms with Crippen molar-refractivity contribution in [3.8, 4) is 11.3 Å². The summed E-state index contributed by atoms with van der Waals surface area (Å²) in [5.41, 5.74) is 1.25. The lowest BCUT2D eigenvalue weighted by atomic mass is 10.1. The molecule has 21 heavy (non-hydrogen) atoms. The third-order valence-electron chi connectivity index (χ3n) is 3.99. The molecule has 0 spiro atoms. The number of nitrogens with zero attached hydrogens (tertiary/aromatic N) is 1. The summed E-state index contributed by atoms with van der Waals surface area (Å²) in [4.78, 5) is 12.3. The maximum atomic E-state index is 12.3. The van der Waals surface area contributed by atoms with Gasteiger partial charge in [-0.3, -0.25) is 4.79 Å². The van der Waals surface area contributed by atoms with E-state index in [9.17, 15) is 9.90 Å². The van der Waals surface area contributed by atoms with Crippen molar-refractivity contribution < 1.29 is 14.4 Å². The van der Waals surface area contributed by atoms with Gasteiger partial charge in [0.05, 0.1) is 12.3 Å². The Hall–Kier alpha value is -2.14.